The van der Waals surface area contributed by atoms with Crippen LogP contribution in [0.2, 0.25) is 0 Å². The number of hydrogen-bond donors (Lipinski definition) is 2. The summed E-state index contributed by atoms with van der Waals surface area (Å²) in [5.74, 6) is -2.30. The lowest BCUT2D eigenvalue weighted by Gasteiger charge is -2.08. The van der Waals surface area contributed by atoms with Crippen LogP contribution in [-0.2, 0) is 0 Å². The second kappa shape index (κ2) is 5.24. The summed E-state index contributed by atoms with van der Waals surface area (Å²) >= 11 is 0. The maximum Gasteiger partial charge on any atom is 0.259 e. The molecule has 0 saturated carbocycles. The normalized spacial score (nSPS) is 10.4. The first-order chi connectivity index (χ1) is 9.36. The molecule has 1 amide bonds. The Kier molecular flexibility index (Phi) is 3.65. The number of carbonyl (C=O) groups is 1. The van der Waals surface area contributed by atoms with Crippen molar-refractivity contribution in [1.82, 2.24) is 4.98 Å². The molecule has 1 heterocycles. The van der Waals surface area contributed by atoms with Crippen molar-refractivity contribution in [1.29, 1.82) is 0 Å². The molecule has 3 N–H and O–H groups in total. The number of amides is 1. The molecule has 0 spiro atoms. The Morgan fingerprint density at radius 3 is 2.50 bits per heavy atom. The number of hydrogen-bond acceptors (Lipinski definition) is 3. The molecule has 1 aromatic carbocycles. The summed E-state index contributed by atoms with van der Waals surface area (Å²) in [5.41, 5.74) is 6.35. The minimum absolute atomic E-state index is 0.287. The average molecular weight is 277 g/mol. The zero-order chi connectivity index (χ0) is 14.9. The molecule has 0 aliphatic carbocycles. The molecule has 0 radical (unpaired) electrons. The molecule has 0 aliphatic rings. The van der Waals surface area contributed by atoms with Gasteiger partial charge in [0.1, 0.15) is 17.5 Å². The first-order valence-corrected chi connectivity index (χ1v) is 5.88. The SMILES string of the molecule is Cc1cc(C)nc(NC(=O)c2cc(N)c(F)cc2F)c1. The number of carbonyl (C=O) groups excluding carboxylic acids is 1. The number of benzene rings is 1. The third-order valence-corrected chi connectivity index (χ3v) is 2.67. The second-order valence-corrected chi connectivity index (χ2v) is 4.48. The van der Waals surface area contributed by atoms with E-state index in [-0.39, 0.29) is 11.3 Å². The molecule has 6 heteroatoms. The molecule has 0 bridgehead atoms. The zero-order valence-corrected chi connectivity index (χ0v) is 11.0. The van der Waals surface area contributed by atoms with Crippen LogP contribution in [0.4, 0.5) is 20.3 Å². The van der Waals surface area contributed by atoms with Crippen LogP contribution < -0.4 is 11.1 Å². The second-order valence-electron chi connectivity index (χ2n) is 4.48. The van der Waals surface area contributed by atoms with Crippen LogP contribution in [0, 0.1) is 25.5 Å². The number of nitrogens with two attached hydrogens (primary N) is 1. The minimum Gasteiger partial charge on any atom is -0.396 e. The summed E-state index contributed by atoms with van der Waals surface area (Å²) in [5, 5.41) is 2.46. The van der Waals surface area contributed by atoms with Crippen molar-refractivity contribution in [2.75, 3.05) is 11.1 Å². The van der Waals surface area contributed by atoms with Gasteiger partial charge in [-0.15, -0.1) is 0 Å². The zero-order valence-electron chi connectivity index (χ0n) is 11.0. The average Bonchev–Trinajstić information content (AvgIpc) is 2.32. The summed E-state index contributed by atoms with van der Waals surface area (Å²) in [6, 6.07) is 5.03. The minimum atomic E-state index is -0.974. The summed E-state index contributed by atoms with van der Waals surface area (Å²) in [6.07, 6.45) is 0. The van der Waals surface area contributed by atoms with E-state index in [1.54, 1.807) is 13.0 Å². The maximum absolute atomic E-state index is 13.6. The van der Waals surface area contributed by atoms with Crippen molar-refractivity contribution in [2.45, 2.75) is 13.8 Å². The van der Waals surface area contributed by atoms with E-state index in [0.717, 1.165) is 17.3 Å². The van der Waals surface area contributed by atoms with Crippen LogP contribution in [0.25, 0.3) is 0 Å². The quantitative estimate of drug-likeness (QED) is 0.829. The molecule has 2 rings (SSSR count). The number of aryl methyl sites for hydroxylation is 2. The molecule has 20 heavy (non-hydrogen) atoms. The topological polar surface area (TPSA) is 68.0 Å². The number of aromatic nitrogens is 1. The molecule has 4 nitrogen and oxygen atoms in total. The Labute approximate surface area is 114 Å². The van der Waals surface area contributed by atoms with Crippen molar-refractivity contribution in [3.05, 3.63) is 52.7 Å². The number of anilines is 2. The predicted molar refractivity (Wildman–Crippen MR) is 72.4 cm³/mol. The van der Waals surface area contributed by atoms with E-state index < -0.39 is 17.5 Å². The Morgan fingerprint density at radius 2 is 1.85 bits per heavy atom. The van der Waals surface area contributed by atoms with E-state index in [9.17, 15) is 13.6 Å². The van der Waals surface area contributed by atoms with Crippen molar-refractivity contribution in [2.24, 2.45) is 0 Å². The largest absolute Gasteiger partial charge is 0.396 e. The molecule has 2 aromatic rings. The van der Waals surface area contributed by atoms with Crippen LogP contribution in [0.3, 0.4) is 0 Å². The highest BCUT2D eigenvalue weighted by Crippen LogP contribution is 2.18. The Morgan fingerprint density at radius 1 is 1.15 bits per heavy atom. The van der Waals surface area contributed by atoms with Crippen molar-refractivity contribution >= 4 is 17.4 Å². The van der Waals surface area contributed by atoms with Gasteiger partial charge in [-0.3, -0.25) is 4.79 Å². The number of rotatable bonds is 2. The van der Waals surface area contributed by atoms with Crippen molar-refractivity contribution < 1.29 is 13.6 Å². The van der Waals surface area contributed by atoms with Gasteiger partial charge in [-0.2, -0.15) is 0 Å². The number of nitrogen functional groups attached to an aromatic ring is 1. The van der Waals surface area contributed by atoms with Crippen molar-refractivity contribution in [3.8, 4) is 0 Å². The van der Waals surface area contributed by atoms with E-state index in [4.69, 9.17) is 5.73 Å². The smallest absolute Gasteiger partial charge is 0.259 e. The molecular formula is C14H13F2N3O. The Bertz CT molecular complexity index is 666. The van der Waals surface area contributed by atoms with Crippen LogP contribution in [0.5, 0.6) is 0 Å². The van der Waals surface area contributed by atoms with E-state index in [0.29, 0.717) is 11.9 Å². The van der Waals surface area contributed by atoms with Gasteiger partial charge in [-0.25, -0.2) is 13.8 Å². The molecule has 0 fully saturated rings. The lowest BCUT2D eigenvalue weighted by atomic mass is 10.1. The maximum atomic E-state index is 13.6. The number of nitrogens with one attached hydrogen (secondary N) is 1. The molecule has 0 saturated heterocycles. The molecule has 0 unspecified atom stereocenters. The molecular weight excluding hydrogens is 264 g/mol. The van der Waals surface area contributed by atoms with Crippen LogP contribution in [0.15, 0.2) is 24.3 Å². The van der Waals surface area contributed by atoms with Crippen molar-refractivity contribution in [3.63, 3.8) is 0 Å². The first-order valence-electron chi connectivity index (χ1n) is 5.88. The van der Waals surface area contributed by atoms with Crippen LogP contribution in [0.1, 0.15) is 21.6 Å². The fraction of sp³-hybridized carbons (Fsp3) is 0.143. The fourth-order valence-electron chi connectivity index (χ4n) is 1.83. The van der Waals surface area contributed by atoms with E-state index in [1.807, 2.05) is 13.0 Å². The number of halogens is 2. The van der Waals surface area contributed by atoms with E-state index >= 15 is 0 Å². The lowest BCUT2D eigenvalue weighted by Crippen LogP contribution is -2.16. The van der Waals surface area contributed by atoms with E-state index in [2.05, 4.69) is 10.3 Å². The summed E-state index contributed by atoms with van der Waals surface area (Å²) in [6.45, 7) is 3.62. The lowest BCUT2D eigenvalue weighted by molar-refractivity contribution is 0.102. The van der Waals surface area contributed by atoms with Gasteiger partial charge in [0.15, 0.2) is 0 Å². The Hall–Kier alpha value is -2.50. The van der Waals surface area contributed by atoms with E-state index in [1.165, 1.54) is 0 Å². The molecule has 104 valence electrons. The highest BCUT2D eigenvalue weighted by molar-refractivity contribution is 6.04. The summed E-state index contributed by atoms with van der Waals surface area (Å²) < 4.78 is 26.6. The number of pyridine rings is 1. The molecule has 0 atom stereocenters. The number of nitrogens with zero attached hydrogens (tertiary/aromatic N) is 1. The van der Waals surface area contributed by atoms with Crippen LogP contribution >= 0.6 is 0 Å². The van der Waals surface area contributed by atoms with Gasteiger partial charge in [0.2, 0.25) is 0 Å². The fourth-order valence-corrected chi connectivity index (χ4v) is 1.83. The van der Waals surface area contributed by atoms with Gasteiger partial charge in [-0.05, 0) is 37.6 Å². The van der Waals surface area contributed by atoms with Gasteiger partial charge in [0.05, 0.1) is 11.3 Å². The molecule has 0 aliphatic heterocycles. The third kappa shape index (κ3) is 2.90. The van der Waals surface area contributed by atoms with Gasteiger partial charge < -0.3 is 11.1 Å². The standard InChI is InChI=1S/C14H13F2N3O/c1-7-3-8(2)18-13(4-7)19-14(20)9-5-12(17)11(16)6-10(9)15/h3-6H,17H2,1-2H3,(H,18,19,20). The summed E-state index contributed by atoms with van der Waals surface area (Å²) in [7, 11) is 0. The first kappa shape index (κ1) is 13.9. The van der Waals surface area contributed by atoms with Gasteiger partial charge in [0.25, 0.3) is 5.91 Å². The van der Waals surface area contributed by atoms with Gasteiger partial charge in [0, 0.05) is 11.8 Å². The van der Waals surface area contributed by atoms with Gasteiger partial charge >= 0.3 is 0 Å². The molecule has 1 aromatic heterocycles. The highest BCUT2D eigenvalue weighted by atomic mass is 19.1. The third-order valence-electron chi connectivity index (χ3n) is 2.67. The Balaban J connectivity index is 2.30. The summed E-state index contributed by atoms with van der Waals surface area (Å²) in [4.78, 5) is 16.1. The predicted octanol–water partition coefficient (Wildman–Crippen LogP) is 2.81. The van der Waals surface area contributed by atoms with Crippen LogP contribution in [-0.4, -0.2) is 10.9 Å². The van der Waals surface area contributed by atoms with Gasteiger partial charge in [-0.1, -0.05) is 0 Å². The monoisotopic (exact) mass is 277 g/mol. The highest BCUT2D eigenvalue weighted by Gasteiger charge is 2.15.